The van der Waals surface area contributed by atoms with E-state index in [2.05, 4.69) is 33.8 Å². The summed E-state index contributed by atoms with van der Waals surface area (Å²) in [5, 5.41) is 8.35. The number of thioether (sulfide) groups is 1. The van der Waals surface area contributed by atoms with Crippen molar-refractivity contribution >= 4 is 23.6 Å². The number of halogens is 3. The zero-order chi connectivity index (χ0) is 24.6. The highest BCUT2D eigenvalue weighted by Crippen LogP contribution is 2.31. The second-order valence-corrected chi connectivity index (χ2v) is 9.42. The Morgan fingerprint density at radius 1 is 1.10 bits per heavy atom. The van der Waals surface area contributed by atoms with Crippen molar-refractivity contribution in [1.29, 1.82) is 0 Å². The highest BCUT2D eigenvalue weighted by molar-refractivity contribution is 8.06. The minimum Gasteiger partial charge on any atom is -0.406 e. The highest BCUT2D eigenvalue weighted by Gasteiger charge is 2.32. The summed E-state index contributed by atoms with van der Waals surface area (Å²) in [4.78, 5) is 25.0. The summed E-state index contributed by atoms with van der Waals surface area (Å²) >= 11 is 0.921. The first-order valence-electron chi connectivity index (χ1n) is 9.40. The fraction of sp³-hybridized carbons (Fsp3) is 0.524. The van der Waals surface area contributed by atoms with Crippen LogP contribution < -0.4 is 16.0 Å². The lowest BCUT2D eigenvalue weighted by atomic mass is 10.0. The van der Waals surface area contributed by atoms with E-state index in [-0.39, 0.29) is 23.0 Å². The van der Waals surface area contributed by atoms with E-state index in [9.17, 15) is 22.8 Å². The van der Waals surface area contributed by atoms with Crippen molar-refractivity contribution in [3.8, 4) is 0 Å². The molecule has 0 aliphatic carbocycles. The van der Waals surface area contributed by atoms with E-state index in [1.807, 2.05) is 20.8 Å². The van der Waals surface area contributed by atoms with E-state index < -0.39 is 23.6 Å². The Morgan fingerprint density at radius 2 is 1.65 bits per heavy atom. The van der Waals surface area contributed by atoms with Crippen LogP contribution >= 0.6 is 11.8 Å². The van der Waals surface area contributed by atoms with E-state index in [0.717, 1.165) is 23.9 Å². The Morgan fingerprint density at radius 3 is 2.06 bits per heavy atom. The minimum absolute atomic E-state index is 0.0315. The summed E-state index contributed by atoms with van der Waals surface area (Å²) in [5.41, 5.74) is -1.06. The number of carbonyl (C=O) groups is 2. The first-order chi connectivity index (χ1) is 13.9. The highest BCUT2D eigenvalue weighted by atomic mass is 32.2. The summed E-state index contributed by atoms with van der Waals surface area (Å²) in [6, 6.07) is 0. The lowest BCUT2D eigenvalue weighted by Crippen LogP contribution is -2.56. The number of hydrogen-bond acceptors (Lipinski definition) is 5. The molecule has 0 unspecified atom stereocenters. The van der Waals surface area contributed by atoms with Crippen LogP contribution in [-0.4, -0.2) is 35.8 Å². The van der Waals surface area contributed by atoms with Gasteiger partial charge in [-0.1, -0.05) is 24.9 Å². The normalized spacial score (nSPS) is 13.5. The van der Waals surface area contributed by atoms with Gasteiger partial charge < -0.3 is 20.7 Å². The van der Waals surface area contributed by atoms with Crippen LogP contribution in [0, 0.1) is 0 Å². The van der Waals surface area contributed by atoms with Crippen LogP contribution in [0.2, 0.25) is 0 Å². The molecule has 3 N–H and O–H groups in total. The number of ether oxygens (including phenoxy) is 1. The van der Waals surface area contributed by atoms with Crippen LogP contribution in [0.3, 0.4) is 0 Å². The van der Waals surface area contributed by atoms with Crippen LogP contribution in [0.25, 0.3) is 0 Å². The molecule has 0 radical (unpaired) electrons. The molecular weight excluding hydrogens is 431 g/mol. The number of amides is 2. The fourth-order valence-corrected chi connectivity index (χ4v) is 2.67. The second kappa shape index (κ2) is 11.4. The quantitative estimate of drug-likeness (QED) is 0.329. The number of carbonyl (C=O) groups excluding carboxylic acids is 2. The smallest absolute Gasteiger partial charge is 0.406 e. The third kappa shape index (κ3) is 13.0. The summed E-state index contributed by atoms with van der Waals surface area (Å²) in [6.07, 6.45) is -2.52. The Balaban J connectivity index is 5.13. The molecule has 0 aliphatic rings. The van der Waals surface area contributed by atoms with Gasteiger partial charge in [-0.25, -0.2) is 0 Å². The van der Waals surface area contributed by atoms with Gasteiger partial charge in [0.1, 0.15) is 11.3 Å². The van der Waals surface area contributed by atoms with Crippen molar-refractivity contribution in [3.05, 3.63) is 46.6 Å². The average molecular weight is 464 g/mol. The molecule has 176 valence electrons. The summed E-state index contributed by atoms with van der Waals surface area (Å²) < 4.78 is 41.4. The monoisotopic (exact) mass is 463 g/mol. The van der Waals surface area contributed by atoms with E-state index in [4.69, 9.17) is 0 Å². The molecule has 0 saturated carbocycles. The van der Waals surface area contributed by atoms with Crippen LogP contribution in [0.5, 0.6) is 0 Å². The maximum absolute atomic E-state index is 12.6. The largest absolute Gasteiger partial charge is 0.573 e. The predicted molar refractivity (Wildman–Crippen MR) is 119 cm³/mol. The maximum Gasteiger partial charge on any atom is 0.573 e. The van der Waals surface area contributed by atoms with Crippen LogP contribution in [-0.2, 0) is 14.3 Å². The maximum atomic E-state index is 12.6. The Kier molecular flexibility index (Phi) is 10.6. The number of hydrogen-bond donors (Lipinski definition) is 3. The lowest BCUT2D eigenvalue weighted by Gasteiger charge is -2.27. The van der Waals surface area contributed by atoms with Gasteiger partial charge in [-0.3, -0.25) is 9.59 Å². The molecule has 0 fully saturated rings. The van der Waals surface area contributed by atoms with Gasteiger partial charge in [-0.05, 0) is 66.2 Å². The minimum atomic E-state index is -4.83. The zero-order valence-electron chi connectivity index (χ0n) is 19.0. The van der Waals surface area contributed by atoms with Gasteiger partial charge in [0, 0.05) is 10.4 Å². The second-order valence-electron chi connectivity index (χ2n) is 8.28. The Hall–Kier alpha value is -2.20. The lowest BCUT2D eigenvalue weighted by molar-refractivity contribution is -0.303. The number of nitrogens with one attached hydrogen (secondary N) is 3. The number of rotatable bonds is 10. The van der Waals surface area contributed by atoms with Gasteiger partial charge in [-0.15, -0.1) is 13.2 Å². The molecule has 0 aromatic heterocycles. The predicted octanol–water partition coefficient (Wildman–Crippen LogP) is 4.49. The molecule has 0 bridgehead atoms. The van der Waals surface area contributed by atoms with E-state index in [1.165, 1.54) is 20.8 Å². The van der Waals surface area contributed by atoms with Crippen molar-refractivity contribution < 1.29 is 27.5 Å². The van der Waals surface area contributed by atoms with Crippen molar-refractivity contribution in [1.82, 2.24) is 16.0 Å². The van der Waals surface area contributed by atoms with Crippen molar-refractivity contribution in [2.45, 2.75) is 65.9 Å². The van der Waals surface area contributed by atoms with Gasteiger partial charge in [0.2, 0.25) is 11.8 Å². The topological polar surface area (TPSA) is 79.5 Å². The molecule has 0 aromatic rings. The summed E-state index contributed by atoms with van der Waals surface area (Å²) in [6.45, 7) is 19.3. The molecule has 0 spiro atoms. The Bertz CT molecular complexity index is 764. The SMILES string of the molecule is C=C(NC(=O)C(C)(C)NC(=O)CNC(C)(C)C)S/C(=C/C(=C\C)OC(F)(F)F)C(=C)C. The molecular formula is C21H32F3N3O3S. The van der Waals surface area contributed by atoms with E-state index in [1.54, 1.807) is 6.92 Å². The third-order valence-electron chi connectivity index (χ3n) is 3.50. The molecule has 0 aromatic carbocycles. The van der Waals surface area contributed by atoms with Crippen molar-refractivity contribution in [3.63, 3.8) is 0 Å². The summed E-state index contributed by atoms with van der Waals surface area (Å²) in [7, 11) is 0. The van der Waals surface area contributed by atoms with Crippen molar-refractivity contribution in [2.24, 2.45) is 0 Å². The first-order valence-corrected chi connectivity index (χ1v) is 10.2. The van der Waals surface area contributed by atoms with E-state index >= 15 is 0 Å². The van der Waals surface area contributed by atoms with Gasteiger partial charge in [0.15, 0.2) is 0 Å². The molecule has 0 aliphatic heterocycles. The zero-order valence-corrected chi connectivity index (χ0v) is 19.9. The van der Waals surface area contributed by atoms with Crippen LogP contribution in [0.1, 0.15) is 48.5 Å². The standard InChI is InChI=1S/C21H32F3N3O3S/c1-10-15(30-21(22,23)24)11-16(13(2)3)31-14(4)26-18(29)20(8,9)27-17(28)12-25-19(5,6)7/h10-11,25H,2,4,12H2,1,3,5-9H3,(H,26,29)(H,27,28)/b15-10+,16-11+. The first kappa shape index (κ1) is 28.8. The van der Waals surface area contributed by atoms with Gasteiger partial charge in [-0.2, -0.15) is 0 Å². The number of alkyl halides is 3. The molecule has 6 nitrogen and oxygen atoms in total. The molecule has 0 rings (SSSR count). The van der Waals surface area contributed by atoms with Gasteiger partial charge in [0.25, 0.3) is 0 Å². The molecule has 31 heavy (non-hydrogen) atoms. The Labute approximate surface area is 186 Å². The van der Waals surface area contributed by atoms with E-state index in [0.29, 0.717) is 10.5 Å². The van der Waals surface area contributed by atoms with Crippen LogP contribution in [0.4, 0.5) is 13.2 Å². The molecule has 0 atom stereocenters. The molecule has 2 amide bonds. The average Bonchev–Trinajstić information content (AvgIpc) is 2.56. The molecule has 0 heterocycles. The third-order valence-corrected chi connectivity index (χ3v) is 4.53. The fourth-order valence-electron chi connectivity index (χ4n) is 1.91. The van der Waals surface area contributed by atoms with Crippen LogP contribution in [0.15, 0.2) is 46.6 Å². The summed E-state index contributed by atoms with van der Waals surface area (Å²) in [5.74, 6) is -1.32. The van der Waals surface area contributed by atoms with Gasteiger partial charge in [0.05, 0.1) is 11.6 Å². The van der Waals surface area contributed by atoms with Gasteiger partial charge >= 0.3 is 6.36 Å². The molecule has 10 heteroatoms. The molecule has 0 saturated heterocycles. The number of allylic oxidation sites excluding steroid dienone is 3. The van der Waals surface area contributed by atoms with Crippen molar-refractivity contribution in [2.75, 3.05) is 6.54 Å².